The zero-order valence-corrected chi connectivity index (χ0v) is 29.8. The zero-order valence-electron chi connectivity index (χ0n) is 29.0. The first kappa shape index (κ1) is 34.8. The van der Waals surface area contributed by atoms with Crippen LogP contribution in [-0.4, -0.2) is 41.9 Å². The summed E-state index contributed by atoms with van der Waals surface area (Å²) in [6.07, 6.45) is 20.5. The van der Waals surface area contributed by atoms with E-state index in [1.54, 1.807) is 14.2 Å². The molecule has 6 nitrogen and oxygen atoms in total. The van der Waals surface area contributed by atoms with Gasteiger partial charge in [-0.1, -0.05) is 98.8 Å². The van der Waals surface area contributed by atoms with E-state index in [4.69, 9.17) is 14.6 Å². The van der Waals surface area contributed by atoms with Gasteiger partial charge in [0.1, 0.15) is 11.5 Å². The number of aromatic nitrogens is 3. The Hall–Kier alpha value is -3.06. The minimum Gasteiger partial charge on any atom is -0.497 e. The van der Waals surface area contributed by atoms with E-state index < -0.39 is 0 Å². The van der Waals surface area contributed by atoms with Crippen LogP contribution in [-0.2, 0) is 5.41 Å². The van der Waals surface area contributed by atoms with Crippen LogP contribution < -0.4 is 19.6 Å². The Morgan fingerprint density at radius 3 is 2.04 bits per heavy atom. The molecule has 0 saturated heterocycles. The van der Waals surface area contributed by atoms with Crippen LogP contribution in [0.15, 0.2) is 36.5 Å². The number of nitrogens with zero attached hydrogens (tertiary/aromatic N) is 4. The van der Waals surface area contributed by atoms with Gasteiger partial charge in [-0.3, -0.25) is 4.40 Å². The number of benzene rings is 1. The van der Waals surface area contributed by atoms with Crippen molar-refractivity contribution in [2.75, 3.05) is 32.2 Å². The molecular weight excluding hydrogens is 577 g/mol. The molecule has 0 aliphatic heterocycles. The number of methoxy groups -OCH3 is 2. The molecule has 0 atom stereocenters. The summed E-state index contributed by atoms with van der Waals surface area (Å²) in [7, 11) is 3.36. The quantitative estimate of drug-likeness (QED) is 0.0963. The van der Waals surface area contributed by atoms with Gasteiger partial charge in [-0.05, 0) is 60.2 Å². The topological polar surface area (TPSA) is 51.9 Å². The van der Waals surface area contributed by atoms with E-state index in [1.165, 1.54) is 92.5 Å². The van der Waals surface area contributed by atoms with Crippen LogP contribution in [0, 0.1) is 0 Å². The van der Waals surface area contributed by atoms with Gasteiger partial charge in [0.2, 0.25) is 0 Å². The van der Waals surface area contributed by atoms with Crippen molar-refractivity contribution in [3.8, 4) is 22.9 Å². The Bertz CT molecular complexity index is 1500. The summed E-state index contributed by atoms with van der Waals surface area (Å²) in [6, 6.07) is 10.4. The molecule has 0 aliphatic carbocycles. The van der Waals surface area contributed by atoms with Crippen LogP contribution >= 0.6 is 11.3 Å². The maximum absolute atomic E-state index is 5.70. The highest BCUT2D eigenvalue weighted by Crippen LogP contribution is 2.34. The molecule has 0 fully saturated rings. The van der Waals surface area contributed by atoms with Gasteiger partial charge in [-0.15, -0.1) is 21.5 Å². The Labute approximate surface area is 275 Å². The van der Waals surface area contributed by atoms with Crippen molar-refractivity contribution in [3.05, 3.63) is 52.2 Å². The van der Waals surface area contributed by atoms with Crippen molar-refractivity contribution < 1.29 is 9.47 Å². The van der Waals surface area contributed by atoms with Gasteiger partial charge >= 0.3 is 0 Å². The van der Waals surface area contributed by atoms with Gasteiger partial charge in [0.15, 0.2) is 11.5 Å². The Morgan fingerprint density at radius 1 is 0.800 bits per heavy atom. The smallest absolute Gasteiger partial charge is 0.172 e. The monoisotopic (exact) mass is 632 g/mol. The predicted molar refractivity (Wildman–Crippen MR) is 192 cm³/mol. The lowest BCUT2D eigenvalue weighted by molar-refractivity contribution is 0.404. The van der Waals surface area contributed by atoms with E-state index in [1.807, 2.05) is 29.5 Å². The summed E-state index contributed by atoms with van der Waals surface area (Å²) >= 11 is 1.90. The summed E-state index contributed by atoms with van der Waals surface area (Å²) in [4.78, 5) is 3.90. The lowest BCUT2D eigenvalue weighted by atomic mass is 9.88. The summed E-state index contributed by atoms with van der Waals surface area (Å²) in [6.45, 7) is 13.7. The summed E-state index contributed by atoms with van der Waals surface area (Å²) in [5.41, 5.74) is 2.91. The van der Waals surface area contributed by atoms with Crippen molar-refractivity contribution >= 4 is 28.1 Å². The first-order chi connectivity index (χ1) is 21.8. The number of unbranched alkanes of at least 4 members (excludes halogenated alkanes) is 10. The van der Waals surface area contributed by atoms with E-state index in [-0.39, 0.29) is 5.41 Å². The molecular formula is C38H56N4O2S. The van der Waals surface area contributed by atoms with Crippen molar-refractivity contribution in [2.24, 2.45) is 0 Å². The summed E-state index contributed by atoms with van der Waals surface area (Å²) < 4.78 is 13.3. The molecule has 45 heavy (non-hydrogen) atoms. The largest absolute Gasteiger partial charge is 0.497 e. The minimum atomic E-state index is -0.0655. The molecule has 0 N–H and O–H groups in total. The molecule has 0 spiro atoms. The fraction of sp³-hybridized carbons (Fsp3) is 0.579. The number of rotatable bonds is 19. The molecule has 0 aliphatic rings. The molecule has 246 valence electrons. The fourth-order valence-corrected chi connectivity index (χ4v) is 7.06. The number of hydrogen-bond donors (Lipinski definition) is 0. The Kier molecular flexibility index (Phi) is 13.2. The van der Waals surface area contributed by atoms with Crippen LogP contribution in [0.2, 0.25) is 0 Å². The zero-order chi connectivity index (χ0) is 32.2. The average Bonchev–Trinajstić information content (AvgIpc) is 3.76. The van der Waals surface area contributed by atoms with Crippen LogP contribution in [0.3, 0.4) is 0 Å². The summed E-state index contributed by atoms with van der Waals surface area (Å²) in [5.74, 6) is 2.25. The highest BCUT2D eigenvalue weighted by molar-refractivity contribution is 7.16. The molecule has 0 radical (unpaired) electrons. The van der Waals surface area contributed by atoms with E-state index in [2.05, 4.69) is 73.4 Å². The van der Waals surface area contributed by atoms with E-state index in [9.17, 15) is 0 Å². The van der Waals surface area contributed by atoms with Gasteiger partial charge in [0, 0.05) is 29.4 Å². The van der Waals surface area contributed by atoms with E-state index >= 15 is 0 Å². The fourth-order valence-electron chi connectivity index (χ4n) is 6.06. The molecule has 3 heterocycles. The normalized spacial score (nSPS) is 12.4. The third kappa shape index (κ3) is 9.25. The molecule has 0 unspecified atom stereocenters. The first-order valence-corrected chi connectivity index (χ1v) is 18.1. The van der Waals surface area contributed by atoms with Crippen molar-refractivity contribution in [1.82, 2.24) is 14.6 Å². The Balaban J connectivity index is 1.64. The predicted octanol–water partition coefficient (Wildman–Crippen LogP) is 9.85. The average molecular weight is 633 g/mol. The molecule has 4 rings (SSSR count). The number of anilines is 1. The van der Waals surface area contributed by atoms with Gasteiger partial charge in [-0.2, -0.15) is 0 Å². The van der Waals surface area contributed by atoms with Gasteiger partial charge in [-0.25, -0.2) is 0 Å². The van der Waals surface area contributed by atoms with E-state index in [0.29, 0.717) is 0 Å². The highest BCUT2D eigenvalue weighted by atomic mass is 32.1. The second kappa shape index (κ2) is 17.0. The van der Waals surface area contributed by atoms with Gasteiger partial charge in [0.25, 0.3) is 0 Å². The summed E-state index contributed by atoms with van der Waals surface area (Å²) in [5, 5.41) is 11.9. The number of ether oxygens (including phenoxy) is 2. The molecule has 7 heteroatoms. The lowest BCUT2D eigenvalue weighted by Gasteiger charge is -2.23. The number of fused-ring (bicyclic) bond motifs is 1. The molecule has 3 aromatic heterocycles. The number of hydrogen-bond acceptors (Lipinski definition) is 6. The molecule has 4 aromatic rings. The second-order valence-corrected chi connectivity index (χ2v) is 14.4. The van der Waals surface area contributed by atoms with Crippen LogP contribution in [0.25, 0.3) is 23.1 Å². The standard InChI is InChI=1S/C38H56N4O2S/c1-8-10-12-14-16-18-24-41(25-19-17-15-13-11-9-2)35-23-21-30(45-35)27-31-33(38(3,4)5)28-42-36(31)39-40-37(42)32-26-29(43-6)20-22-34(32)44-7/h20-23,26-28H,8-19,24-25H2,1-7H3. The number of thiophene rings is 1. The lowest BCUT2D eigenvalue weighted by Crippen LogP contribution is -2.24. The maximum atomic E-state index is 5.70. The minimum absolute atomic E-state index is 0.0655. The van der Waals surface area contributed by atoms with Crippen molar-refractivity contribution in [3.63, 3.8) is 0 Å². The molecule has 0 bridgehead atoms. The molecule has 0 saturated carbocycles. The SMILES string of the molecule is CCCCCCCCN(CCCCCCCC)c1ccc(C=c2c(C(C)(C)C)cn3c(-c4cc(OC)ccc4OC)nnc23)s1. The van der Waals surface area contributed by atoms with Gasteiger partial charge < -0.3 is 14.4 Å². The molecule has 1 aromatic carbocycles. The van der Waals surface area contributed by atoms with Gasteiger partial charge in [0.05, 0.1) is 24.8 Å². The van der Waals surface area contributed by atoms with Crippen LogP contribution in [0.4, 0.5) is 5.00 Å². The van der Waals surface area contributed by atoms with Crippen LogP contribution in [0.1, 0.15) is 122 Å². The van der Waals surface area contributed by atoms with Crippen molar-refractivity contribution in [1.29, 1.82) is 0 Å². The Morgan fingerprint density at radius 2 is 1.44 bits per heavy atom. The third-order valence-electron chi connectivity index (χ3n) is 8.71. The second-order valence-electron chi connectivity index (χ2n) is 13.3. The first-order valence-electron chi connectivity index (χ1n) is 17.3. The van der Waals surface area contributed by atoms with E-state index in [0.717, 1.165) is 46.8 Å². The third-order valence-corrected chi connectivity index (χ3v) is 9.81. The molecule has 0 amide bonds. The van der Waals surface area contributed by atoms with Crippen molar-refractivity contribution in [2.45, 2.75) is 117 Å². The van der Waals surface area contributed by atoms with Crippen LogP contribution in [0.5, 0.6) is 11.5 Å². The highest BCUT2D eigenvalue weighted by Gasteiger charge is 2.24. The maximum Gasteiger partial charge on any atom is 0.172 e.